The minimum Gasteiger partial charge on any atom is -0.493 e. The topological polar surface area (TPSA) is 47.9 Å². The van der Waals surface area contributed by atoms with Crippen LogP contribution >= 0.6 is 15.9 Å². The van der Waals surface area contributed by atoms with Crippen molar-refractivity contribution < 1.29 is 19.3 Å². The van der Waals surface area contributed by atoms with Crippen molar-refractivity contribution in [3.63, 3.8) is 0 Å². The SMILES string of the molecule is COc1cc(C)cc(OC)c1OCC(O)CBr. The molecule has 17 heavy (non-hydrogen) atoms. The maximum atomic E-state index is 9.45. The molecule has 1 atom stereocenters. The van der Waals surface area contributed by atoms with Gasteiger partial charge in [-0.25, -0.2) is 0 Å². The van der Waals surface area contributed by atoms with Gasteiger partial charge in [0.05, 0.1) is 20.3 Å². The van der Waals surface area contributed by atoms with Crippen LogP contribution in [0.25, 0.3) is 0 Å². The highest BCUT2D eigenvalue weighted by Gasteiger charge is 2.14. The van der Waals surface area contributed by atoms with Crippen LogP contribution in [0.15, 0.2) is 12.1 Å². The number of hydrogen-bond acceptors (Lipinski definition) is 4. The maximum absolute atomic E-state index is 9.45. The Labute approximate surface area is 110 Å². The lowest BCUT2D eigenvalue weighted by Crippen LogP contribution is -2.19. The Morgan fingerprint density at radius 2 is 1.76 bits per heavy atom. The fraction of sp³-hybridized carbons (Fsp3) is 0.500. The van der Waals surface area contributed by atoms with E-state index in [-0.39, 0.29) is 6.61 Å². The number of ether oxygens (including phenoxy) is 3. The monoisotopic (exact) mass is 304 g/mol. The molecule has 0 saturated heterocycles. The van der Waals surface area contributed by atoms with Crippen molar-refractivity contribution in [1.29, 1.82) is 0 Å². The average molecular weight is 305 g/mol. The summed E-state index contributed by atoms with van der Waals surface area (Å²) in [6.07, 6.45) is -0.564. The molecule has 96 valence electrons. The van der Waals surface area contributed by atoms with E-state index in [0.717, 1.165) is 5.56 Å². The summed E-state index contributed by atoms with van der Waals surface area (Å²) in [5.41, 5.74) is 1.02. The molecule has 0 spiro atoms. The normalized spacial score (nSPS) is 12.1. The van der Waals surface area contributed by atoms with Gasteiger partial charge in [-0.2, -0.15) is 0 Å². The van der Waals surface area contributed by atoms with Crippen LogP contribution < -0.4 is 14.2 Å². The van der Waals surface area contributed by atoms with E-state index in [9.17, 15) is 5.11 Å². The number of hydrogen-bond donors (Lipinski definition) is 1. The Hall–Kier alpha value is -0.940. The summed E-state index contributed by atoms with van der Waals surface area (Å²) < 4.78 is 16.0. The summed E-state index contributed by atoms with van der Waals surface area (Å²) >= 11 is 3.18. The van der Waals surface area contributed by atoms with Gasteiger partial charge in [-0.05, 0) is 24.6 Å². The number of aliphatic hydroxyl groups is 1. The minimum absolute atomic E-state index is 0.182. The first-order valence-corrected chi connectivity index (χ1v) is 6.34. The minimum atomic E-state index is -0.564. The zero-order chi connectivity index (χ0) is 12.8. The van der Waals surface area contributed by atoms with E-state index in [1.54, 1.807) is 14.2 Å². The fourth-order valence-electron chi connectivity index (χ4n) is 1.38. The molecule has 0 amide bonds. The van der Waals surface area contributed by atoms with Gasteiger partial charge in [0.15, 0.2) is 11.5 Å². The van der Waals surface area contributed by atoms with Crippen LogP contribution in [-0.2, 0) is 0 Å². The number of aryl methyl sites for hydroxylation is 1. The van der Waals surface area contributed by atoms with Crippen molar-refractivity contribution in [3.05, 3.63) is 17.7 Å². The van der Waals surface area contributed by atoms with Crippen molar-refractivity contribution in [2.75, 3.05) is 26.2 Å². The molecule has 1 unspecified atom stereocenters. The van der Waals surface area contributed by atoms with Gasteiger partial charge in [0, 0.05) is 5.33 Å². The van der Waals surface area contributed by atoms with Crippen molar-refractivity contribution in [2.45, 2.75) is 13.0 Å². The predicted octanol–water partition coefficient (Wildman–Crippen LogP) is 2.15. The lowest BCUT2D eigenvalue weighted by atomic mass is 10.2. The first kappa shape index (κ1) is 14.1. The van der Waals surface area contributed by atoms with E-state index >= 15 is 0 Å². The quantitative estimate of drug-likeness (QED) is 0.818. The number of alkyl halides is 1. The molecule has 1 rings (SSSR count). The Kier molecular flexibility index (Phi) is 5.58. The van der Waals surface area contributed by atoms with Crippen molar-refractivity contribution in [3.8, 4) is 17.2 Å². The zero-order valence-electron chi connectivity index (χ0n) is 10.2. The summed E-state index contributed by atoms with van der Waals surface area (Å²) in [6.45, 7) is 2.13. The van der Waals surface area contributed by atoms with E-state index in [4.69, 9.17) is 14.2 Å². The average Bonchev–Trinajstić information content (AvgIpc) is 2.35. The predicted molar refractivity (Wildman–Crippen MR) is 69.6 cm³/mol. The van der Waals surface area contributed by atoms with Gasteiger partial charge < -0.3 is 19.3 Å². The van der Waals surface area contributed by atoms with E-state index in [1.165, 1.54) is 0 Å². The highest BCUT2D eigenvalue weighted by Crippen LogP contribution is 2.38. The molecule has 0 fully saturated rings. The van der Waals surface area contributed by atoms with Gasteiger partial charge in [0.25, 0.3) is 0 Å². The van der Waals surface area contributed by atoms with Gasteiger partial charge in [-0.15, -0.1) is 0 Å². The second kappa shape index (κ2) is 6.71. The third-order valence-corrected chi connectivity index (χ3v) is 2.95. The van der Waals surface area contributed by atoms with Crippen LogP contribution in [0.1, 0.15) is 5.56 Å². The van der Waals surface area contributed by atoms with Gasteiger partial charge >= 0.3 is 0 Å². The Morgan fingerprint density at radius 1 is 1.24 bits per heavy atom. The smallest absolute Gasteiger partial charge is 0.203 e. The number of aliphatic hydroxyl groups excluding tert-OH is 1. The molecule has 0 saturated carbocycles. The van der Waals surface area contributed by atoms with E-state index in [2.05, 4.69) is 15.9 Å². The number of halogens is 1. The molecule has 0 aromatic heterocycles. The van der Waals surface area contributed by atoms with Gasteiger partial charge in [-0.1, -0.05) is 15.9 Å². The molecule has 0 aliphatic carbocycles. The van der Waals surface area contributed by atoms with Crippen LogP contribution in [-0.4, -0.2) is 37.4 Å². The molecule has 5 heteroatoms. The standard InChI is InChI=1S/C12H17BrO4/c1-8-4-10(15-2)12(11(5-8)16-3)17-7-9(14)6-13/h4-5,9,14H,6-7H2,1-3H3. The van der Waals surface area contributed by atoms with E-state index < -0.39 is 6.10 Å². The lowest BCUT2D eigenvalue weighted by molar-refractivity contribution is 0.123. The molecule has 0 heterocycles. The molecule has 0 aliphatic rings. The molecule has 4 nitrogen and oxygen atoms in total. The van der Waals surface area contributed by atoms with Crippen LogP contribution in [0.3, 0.4) is 0 Å². The molecule has 1 aromatic rings. The second-order valence-electron chi connectivity index (χ2n) is 3.62. The summed E-state index contributed by atoms with van der Waals surface area (Å²) in [4.78, 5) is 0. The second-order valence-corrected chi connectivity index (χ2v) is 4.27. The first-order chi connectivity index (χ1) is 8.12. The molecule has 0 bridgehead atoms. The van der Waals surface area contributed by atoms with Crippen LogP contribution in [0, 0.1) is 6.92 Å². The Morgan fingerprint density at radius 3 is 2.18 bits per heavy atom. The van der Waals surface area contributed by atoms with Crippen molar-refractivity contribution >= 4 is 15.9 Å². The summed E-state index contributed by atoms with van der Waals surface area (Å²) in [5.74, 6) is 1.72. The Bertz CT molecular complexity index is 343. The maximum Gasteiger partial charge on any atom is 0.203 e. The van der Waals surface area contributed by atoms with Gasteiger partial charge in [0.2, 0.25) is 5.75 Å². The molecule has 1 aromatic carbocycles. The Balaban J connectivity index is 2.94. The molecule has 0 aliphatic heterocycles. The third kappa shape index (κ3) is 3.78. The summed E-state index contributed by atoms with van der Waals surface area (Å²) in [5, 5.41) is 9.91. The number of methoxy groups -OCH3 is 2. The highest BCUT2D eigenvalue weighted by atomic mass is 79.9. The van der Waals surface area contributed by atoms with Gasteiger partial charge in [0.1, 0.15) is 6.61 Å². The van der Waals surface area contributed by atoms with E-state index in [0.29, 0.717) is 22.6 Å². The summed E-state index contributed by atoms with van der Waals surface area (Å²) in [7, 11) is 3.14. The van der Waals surface area contributed by atoms with Crippen LogP contribution in [0.5, 0.6) is 17.2 Å². The molecular weight excluding hydrogens is 288 g/mol. The van der Waals surface area contributed by atoms with Crippen molar-refractivity contribution in [2.24, 2.45) is 0 Å². The first-order valence-electron chi connectivity index (χ1n) is 5.21. The zero-order valence-corrected chi connectivity index (χ0v) is 11.8. The third-order valence-electron chi connectivity index (χ3n) is 2.20. The number of rotatable bonds is 6. The molecule has 0 radical (unpaired) electrons. The fourth-order valence-corrected chi connectivity index (χ4v) is 1.56. The van der Waals surface area contributed by atoms with Gasteiger partial charge in [-0.3, -0.25) is 0 Å². The van der Waals surface area contributed by atoms with Crippen molar-refractivity contribution in [1.82, 2.24) is 0 Å². The van der Waals surface area contributed by atoms with Crippen LogP contribution in [0.2, 0.25) is 0 Å². The lowest BCUT2D eigenvalue weighted by Gasteiger charge is -2.16. The highest BCUT2D eigenvalue weighted by molar-refractivity contribution is 9.09. The van der Waals surface area contributed by atoms with Crippen LogP contribution in [0.4, 0.5) is 0 Å². The number of benzene rings is 1. The largest absolute Gasteiger partial charge is 0.493 e. The van der Waals surface area contributed by atoms with E-state index in [1.807, 2.05) is 19.1 Å². The summed E-state index contributed by atoms with van der Waals surface area (Å²) in [6, 6.07) is 3.72. The molecular formula is C12H17BrO4. The molecule has 1 N–H and O–H groups in total.